The van der Waals surface area contributed by atoms with Crippen LogP contribution in [0.2, 0.25) is 0 Å². The van der Waals surface area contributed by atoms with Gasteiger partial charge in [0.25, 0.3) is 0 Å². The topological polar surface area (TPSA) is 86.2 Å². The zero-order chi connectivity index (χ0) is 23.7. The third-order valence-electron chi connectivity index (χ3n) is 6.84. The summed E-state index contributed by atoms with van der Waals surface area (Å²) in [6.07, 6.45) is 10.2. The molecule has 7 nitrogen and oxygen atoms in total. The first-order valence-corrected chi connectivity index (χ1v) is 12.3. The zero-order valence-electron chi connectivity index (χ0n) is 20.3. The Morgan fingerprint density at radius 2 is 1.82 bits per heavy atom. The van der Waals surface area contributed by atoms with Gasteiger partial charge in [0.15, 0.2) is 0 Å². The van der Waals surface area contributed by atoms with E-state index in [-0.39, 0.29) is 11.8 Å². The Bertz CT molecular complexity index is 837. The molecule has 2 amide bonds. The number of aliphatic imine (C=N–C) groups is 2. The molecule has 0 bridgehead atoms. The van der Waals surface area contributed by atoms with E-state index < -0.39 is 11.6 Å². The highest BCUT2D eigenvalue weighted by atomic mass is 16.2. The molecule has 0 spiro atoms. The van der Waals surface area contributed by atoms with Crippen LogP contribution >= 0.6 is 0 Å². The maximum absolute atomic E-state index is 13.7. The lowest BCUT2D eigenvalue weighted by molar-refractivity contribution is -0.124. The lowest BCUT2D eigenvalue weighted by Crippen LogP contribution is -2.58. The molecule has 1 saturated carbocycles. The highest BCUT2D eigenvalue weighted by Gasteiger charge is 2.36. The summed E-state index contributed by atoms with van der Waals surface area (Å²) in [6, 6.07) is 9.01. The Kier molecular flexibility index (Phi) is 9.18. The fourth-order valence-electron chi connectivity index (χ4n) is 4.93. The number of carbonyl (C=O) groups is 2. The van der Waals surface area contributed by atoms with Crippen LogP contribution in [-0.2, 0) is 9.59 Å². The summed E-state index contributed by atoms with van der Waals surface area (Å²) in [5.41, 5.74) is 0.359. The Morgan fingerprint density at radius 3 is 2.42 bits per heavy atom. The molecule has 180 valence electrons. The number of benzene rings is 1. The number of nitrogens with one attached hydrogen (secondary N) is 2. The van der Waals surface area contributed by atoms with Gasteiger partial charge in [0, 0.05) is 38.8 Å². The van der Waals surface area contributed by atoms with Crippen molar-refractivity contribution >= 4 is 23.9 Å². The van der Waals surface area contributed by atoms with Gasteiger partial charge in [0.2, 0.25) is 11.8 Å². The monoisotopic (exact) mass is 453 g/mol. The van der Waals surface area contributed by atoms with Crippen LogP contribution in [0.4, 0.5) is 0 Å². The van der Waals surface area contributed by atoms with Gasteiger partial charge in [-0.1, -0.05) is 62.4 Å². The van der Waals surface area contributed by atoms with E-state index in [1.807, 2.05) is 36.5 Å². The van der Waals surface area contributed by atoms with E-state index in [1.165, 1.54) is 26.2 Å². The van der Waals surface area contributed by atoms with Crippen molar-refractivity contribution in [1.29, 1.82) is 0 Å². The van der Waals surface area contributed by atoms with Gasteiger partial charge < -0.3 is 15.5 Å². The summed E-state index contributed by atoms with van der Waals surface area (Å²) in [4.78, 5) is 37.1. The molecule has 1 heterocycles. The van der Waals surface area contributed by atoms with Crippen LogP contribution < -0.4 is 10.6 Å². The van der Waals surface area contributed by atoms with E-state index in [0.717, 1.165) is 44.3 Å². The molecule has 0 radical (unpaired) electrons. The smallest absolute Gasteiger partial charge is 0.245 e. The lowest BCUT2D eigenvalue weighted by Gasteiger charge is -2.39. The molecular formula is C26H39N5O2. The first-order valence-electron chi connectivity index (χ1n) is 12.3. The Labute approximate surface area is 198 Å². The Morgan fingerprint density at radius 1 is 1.15 bits per heavy atom. The van der Waals surface area contributed by atoms with Crippen LogP contribution in [0, 0.1) is 5.92 Å². The third-order valence-corrected chi connectivity index (χ3v) is 6.84. The minimum absolute atomic E-state index is 0.0798. The van der Waals surface area contributed by atoms with Crippen LogP contribution in [0.3, 0.4) is 0 Å². The fourth-order valence-corrected chi connectivity index (χ4v) is 4.93. The highest BCUT2D eigenvalue weighted by molar-refractivity contribution is 6.08. The van der Waals surface area contributed by atoms with Crippen LogP contribution in [0.5, 0.6) is 0 Å². The van der Waals surface area contributed by atoms with Crippen molar-refractivity contribution in [3.8, 4) is 0 Å². The lowest BCUT2D eigenvalue weighted by atomic mass is 9.84. The number of hydrogen-bond acceptors (Lipinski definition) is 5. The maximum atomic E-state index is 13.7. The van der Waals surface area contributed by atoms with E-state index in [1.54, 1.807) is 7.05 Å². The summed E-state index contributed by atoms with van der Waals surface area (Å²) in [5.74, 6) is 0.657. The van der Waals surface area contributed by atoms with Crippen LogP contribution in [0.15, 0.2) is 40.3 Å². The van der Waals surface area contributed by atoms with Gasteiger partial charge in [0.1, 0.15) is 11.9 Å². The molecule has 7 heteroatoms. The van der Waals surface area contributed by atoms with Crippen molar-refractivity contribution in [3.63, 3.8) is 0 Å². The Hall–Kier alpha value is -2.54. The molecule has 0 unspecified atom stereocenters. The van der Waals surface area contributed by atoms with E-state index in [2.05, 4.69) is 27.6 Å². The summed E-state index contributed by atoms with van der Waals surface area (Å²) in [6.45, 7) is 3.29. The Balaban J connectivity index is 1.89. The van der Waals surface area contributed by atoms with Crippen molar-refractivity contribution in [2.45, 2.75) is 69.9 Å². The summed E-state index contributed by atoms with van der Waals surface area (Å²) in [7, 11) is 3.86. The molecule has 1 aromatic rings. The minimum atomic E-state index is -0.558. The van der Waals surface area contributed by atoms with Gasteiger partial charge in [-0.2, -0.15) is 0 Å². The molecule has 1 aliphatic carbocycles. The van der Waals surface area contributed by atoms with Gasteiger partial charge in [-0.05, 0) is 32.2 Å². The van der Waals surface area contributed by atoms with Gasteiger partial charge in [0.05, 0.1) is 5.54 Å². The molecule has 1 saturated heterocycles. The maximum Gasteiger partial charge on any atom is 0.245 e. The summed E-state index contributed by atoms with van der Waals surface area (Å²) in [5, 5.41) is 6.18. The second kappa shape index (κ2) is 12.1. The average molecular weight is 454 g/mol. The van der Waals surface area contributed by atoms with E-state index in [0.29, 0.717) is 18.2 Å². The number of hydrogen-bond donors (Lipinski definition) is 2. The quantitative estimate of drug-likeness (QED) is 0.491. The summed E-state index contributed by atoms with van der Waals surface area (Å²) >= 11 is 0. The molecule has 2 aliphatic rings. The summed E-state index contributed by atoms with van der Waals surface area (Å²) < 4.78 is 0. The van der Waals surface area contributed by atoms with E-state index in [4.69, 9.17) is 4.99 Å². The predicted molar refractivity (Wildman–Crippen MR) is 134 cm³/mol. The van der Waals surface area contributed by atoms with Crippen LogP contribution in [0.1, 0.15) is 63.9 Å². The van der Waals surface area contributed by atoms with Gasteiger partial charge in [-0.3, -0.25) is 19.6 Å². The SMILES string of the molecule is CN=CC1(NC(=O)[C@H](CC2CCCCC2)N=C(NC(C)=O)c2ccccc2)CCN(C)CC1. The second-order valence-electron chi connectivity index (χ2n) is 9.62. The van der Waals surface area contributed by atoms with Crippen molar-refractivity contribution in [1.82, 2.24) is 15.5 Å². The van der Waals surface area contributed by atoms with Crippen LogP contribution in [-0.4, -0.2) is 67.5 Å². The number of nitrogens with zero attached hydrogens (tertiary/aromatic N) is 3. The van der Waals surface area contributed by atoms with Crippen molar-refractivity contribution in [3.05, 3.63) is 35.9 Å². The largest absolute Gasteiger partial charge is 0.344 e. The average Bonchev–Trinajstić information content (AvgIpc) is 2.81. The van der Waals surface area contributed by atoms with Crippen molar-refractivity contribution in [2.24, 2.45) is 15.9 Å². The number of amides is 2. The van der Waals surface area contributed by atoms with Gasteiger partial charge >= 0.3 is 0 Å². The van der Waals surface area contributed by atoms with Crippen LogP contribution in [0.25, 0.3) is 0 Å². The number of rotatable bonds is 7. The van der Waals surface area contributed by atoms with E-state index >= 15 is 0 Å². The molecular weight excluding hydrogens is 414 g/mol. The third kappa shape index (κ3) is 7.49. The molecule has 33 heavy (non-hydrogen) atoms. The molecule has 1 aliphatic heterocycles. The zero-order valence-corrected chi connectivity index (χ0v) is 20.3. The molecule has 0 aromatic heterocycles. The van der Waals surface area contributed by atoms with Gasteiger partial charge in [-0.15, -0.1) is 0 Å². The normalized spacial score (nSPS) is 21.0. The minimum Gasteiger partial charge on any atom is -0.344 e. The molecule has 2 fully saturated rings. The van der Waals surface area contributed by atoms with Crippen molar-refractivity contribution in [2.75, 3.05) is 27.2 Å². The second-order valence-corrected chi connectivity index (χ2v) is 9.62. The number of amidine groups is 1. The number of likely N-dealkylation sites (tertiary alicyclic amines) is 1. The first kappa shape index (κ1) is 25.1. The first-order chi connectivity index (χ1) is 15.9. The molecule has 1 aromatic carbocycles. The fraction of sp³-hybridized carbons (Fsp3) is 0.615. The molecule has 2 N–H and O–H groups in total. The van der Waals surface area contributed by atoms with Gasteiger partial charge in [-0.25, -0.2) is 0 Å². The highest BCUT2D eigenvalue weighted by Crippen LogP contribution is 2.29. The molecule has 1 atom stereocenters. The standard InChI is InChI=1S/C26H39N5O2/c1-20(32)28-24(22-12-8-5-9-13-22)29-23(18-21-10-6-4-7-11-21)25(33)30-26(19-27-2)14-16-31(3)17-15-26/h5,8-9,12-13,19,21,23H,4,6-7,10-11,14-18H2,1-3H3,(H,30,33)(H,28,29,32)/t23-/m0/s1. The molecule has 3 rings (SSSR count). The number of carbonyl (C=O) groups excluding carboxylic acids is 2. The number of piperidine rings is 1. The van der Waals surface area contributed by atoms with Crippen molar-refractivity contribution < 1.29 is 9.59 Å². The van der Waals surface area contributed by atoms with E-state index in [9.17, 15) is 9.59 Å². The predicted octanol–water partition coefficient (Wildman–Crippen LogP) is 3.19.